The highest BCUT2D eigenvalue weighted by Crippen LogP contribution is 2.30. The van der Waals surface area contributed by atoms with Crippen molar-refractivity contribution in [2.24, 2.45) is 0 Å². The first-order valence-electron chi connectivity index (χ1n) is 4.38. The Morgan fingerprint density at radius 3 is 2.38 bits per heavy atom. The molecule has 0 atom stereocenters. The third-order valence-electron chi connectivity index (χ3n) is 1.86. The minimum atomic E-state index is -4.76. The van der Waals surface area contributed by atoms with E-state index in [1.165, 1.54) is 0 Å². The summed E-state index contributed by atoms with van der Waals surface area (Å²) in [4.78, 5) is 24.3. The Morgan fingerprint density at radius 1 is 1.38 bits per heavy atom. The molecule has 1 heterocycles. The lowest BCUT2D eigenvalue weighted by Gasteiger charge is -2.10. The molecule has 8 heteroatoms. The van der Waals surface area contributed by atoms with Gasteiger partial charge in [-0.3, -0.25) is 9.36 Å². The number of H-pyrrole nitrogens is 1. The van der Waals surface area contributed by atoms with Crippen LogP contribution in [-0.4, -0.2) is 9.55 Å². The molecule has 1 aromatic rings. The van der Waals surface area contributed by atoms with E-state index in [1.807, 2.05) is 0 Å². The monoisotopic (exact) mass is 300 g/mol. The van der Waals surface area contributed by atoms with Crippen LogP contribution in [-0.2, 0) is 12.7 Å². The summed E-state index contributed by atoms with van der Waals surface area (Å²) in [7, 11) is 0. The molecule has 0 aliphatic carbocycles. The molecule has 0 aliphatic heterocycles. The Kier molecular flexibility index (Phi) is 3.61. The summed E-state index contributed by atoms with van der Waals surface area (Å²) in [5.41, 5.74) is -3.38. The van der Waals surface area contributed by atoms with Crippen molar-refractivity contribution in [3.05, 3.63) is 31.0 Å². The molecule has 1 N–H and O–H groups in total. The van der Waals surface area contributed by atoms with Gasteiger partial charge in [0.25, 0.3) is 5.56 Å². The van der Waals surface area contributed by atoms with Gasteiger partial charge in [-0.1, -0.05) is 6.92 Å². The molecule has 1 aromatic heterocycles. The molecule has 16 heavy (non-hydrogen) atoms. The minimum Gasteiger partial charge on any atom is -0.302 e. The van der Waals surface area contributed by atoms with Crippen LogP contribution in [0.4, 0.5) is 13.2 Å². The van der Waals surface area contributed by atoms with Gasteiger partial charge in [0.15, 0.2) is 0 Å². The van der Waals surface area contributed by atoms with E-state index in [2.05, 4.69) is 15.9 Å². The highest BCUT2D eigenvalue weighted by molar-refractivity contribution is 9.10. The van der Waals surface area contributed by atoms with Crippen LogP contribution in [0, 0.1) is 0 Å². The third kappa shape index (κ3) is 2.37. The van der Waals surface area contributed by atoms with Crippen molar-refractivity contribution in [2.45, 2.75) is 26.1 Å². The van der Waals surface area contributed by atoms with E-state index < -0.39 is 27.6 Å². The fourth-order valence-electron chi connectivity index (χ4n) is 1.17. The molecule has 0 saturated heterocycles. The Hall–Kier alpha value is -1.05. The van der Waals surface area contributed by atoms with Crippen LogP contribution in [0.25, 0.3) is 0 Å². The molecular formula is C8H8BrF3N2O2. The summed E-state index contributed by atoms with van der Waals surface area (Å²) < 4.78 is 37.2. The van der Waals surface area contributed by atoms with Crippen LogP contribution >= 0.6 is 15.9 Å². The second-order valence-corrected chi connectivity index (χ2v) is 3.87. The number of hydrogen-bond acceptors (Lipinski definition) is 2. The van der Waals surface area contributed by atoms with Crippen LogP contribution in [0.15, 0.2) is 14.1 Å². The van der Waals surface area contributed by atoms with E-state index in [9.17, 15) is 22.8 Å². The van der Waals surface area contributed by atoms with Gasteiger partial charge in [0, 0.05) is 6.54 Å². The lowest BCUT2D eigenvalue weighted by atomic mass is 10.4. The van der Waals surface area contributed by atoms with E-state index in [4.69, 9.17) is 0 Å². The van der Waals surface area contributed by atoms with Crippen molar-refractivity contribution in [3.8, 4) is 0 Å². The smallest absolute Gasteiger partial charge is 0.302 e. The molecule has 0 aliphatic rings. The molecule has 0 radical (unpaired) electrons. The maximum atomic E-state index is 12.4. The molecule has 0 fully saturated rings. The Bertz CT molecular complexity index is 503. The summed E-state index contributed by atoms with van der Waals surface area (Å²) in [6.07, 6.45) is -4.29. The summed E-state index contributed by atoms with van der Waals surface area (Å²) in [6.45, 7) is 1.78. The quantitative estimate of drug-likeness (QED) is 0.904. The van der Waals surface area contributed by atoms with Crippen LogP contribution in [0.2, 0.25) is 0 Å². The predicted octanol–water partition coefficient (Wildman–Crippen LogP) is 1.73. The second-order valence-electron chi connectivity index (χ2n) is 3.07. The molecule has 0 spiro atoms. The molecular weight excluding hydrogens is 293 g/mol. The minimum absolute atomic E-state index is 0.0743. The van der Waals surface area contributed by atoms with Crippen LogP contribution < -0.4 is 11.2 Å². The first kappa shape index (κ1) is 13.0. The van der Waals surface area contributed by atoms with Crippen LogP contribution in [0.5, 0.6) is 0 Å². The SMILES string of the molecule is CCCn1c(=O)[nH]c(C(F)(F)F)c(Br)c1=O. The number of aromatic amines is 1. The maximum absolute atomic E-state index is 12.4. The first-order chi connectivity index (χ1) is 7.29. The van der Waals surface area contributed by atoms with Gasteiger partial charge in [0.05, 0.1) is 0 Å². The molecule has 90 valence electrons. The number of hydrogen-bond donors (Lipinski definition) is 1. The van der Waals surface area contributed by atoms with Crippen molar-refractivity contribution in [1.29, 1.82) is 0 Å². The van der Waals surface area contributed by atoms with Crippen LogP contribution in [0.1, 0.15) is 19.0 Å². The van der Waals surface area contributed by atoms with E-state index in [0.29, 0.717) is 6.42 Å². The van der Waals surface area contributed by atoms with Gasteiger partial charge in [-0.2, -0.15) is 13.2 Å². The largest absolute Gasteiger partial charge is 0.432 e. The molecule has 4 nitrogen and oxygen atoms in total. The fourth-order valence-corrected chi connectivity index (χ4v) is 1.71. The average Bonchev–Trinajstić information content (AvgIpc) is 2.16. The van der Waals surface area contributed by atoms with Gasteiger partial charge in [-0.25, -0.2) is 4.79 Å². The van der Waals surface area contributed by atoms with Gasteiger partial charge in [-0.05, 0) is 22.4 Å². The Labute approximate surface area is 96.2 Å². The molecule has 0 saturated carbocycles. The van der Waals surface area contributed by atoms with Gasteiger partial charge in [0.1, 0.15) is 10.2 Å². The van der Waals surface area contributed by atoms with Crippen molar-refractivity contribution < 1.29 is 13.2 Å². The van der Waals surface area contributed by atoms with Crippen molar-refractivity contribution >= 4 is 15.9 Å². The molecule has 0 unspecified atom stereocenters. The van der Waals surface area contributed by atoms with E-state index in [0.717, 1.165) is 4.57 Å². The van der Waals surface area contributed by atoms with Gasteiger partial charge < -0.3 is 4.98 Å². The number of nitrogens with one attached hydrogen (secondary N) is 1. The number of halogens is 4. The number of alkyl halides is 3. The normalized spacial score (nSPS) is 11.8. The molecule has 0 bridgehead atoms. The molecule has 0 aromatic carbocycles. The standard InChI is InChI=1S/C8H8BrF3N2O2/c1-2-3-14-6(15)4(9)5(8(10,11)12)13-7(14)16/h2-3H2,1H3,(H,13,16). The third-order valence-corrected chi connectivity index (χ3v) is 2.60. The number of aromatic nitrogens is 2. The van der Waals surface area contributed by atoms with Gasteiger partial charge in [-0.15, -0.1) is 0 Å². The molecule has 1 rings (SSSR count). The predicted molar refractivity (Wildman–Crippen MR) is 54.3 cm³/mol. The highest BCUT2D eigenvalue weighted by Gasteiger charge is 2.36. The second kappa shape index (κ2) is 4.44. The summed E-state index contributed by atoms with van der Waals surface area (Å²) in [6, 6.07) is 0. The van der Waals surface area contributed by atoms with E-state index >= 15 is 0 Å². The topological polar surface area (TPSA) is 54.9 Å². The maximum Gasteiger partial charge on any atom is 0.432 e. The van der Waals surface area contributed by atoms with Crippen molar-refractivity contribution in [3.63, 3.8) is 0 Å². The lowest BCUT2D eigenvalue weighted by molar-refractivity contribution is -0.142. The zero-order chi connectivity index (χ0) is 12.5. The summed E-state index contributed by atoms with van der Waals surface area (Å²) in [5, 5.41) is 0. The van der Waals surface area contributed by atoms with E-state index in [1.54, 1.807) is 11.9 Å². The van der Waals surface area contributed by atoms with Gasteiger partial charge >= 0.3 is 11.9 Å². The lowest BCUT2D eigenvalue weighted by Crippen LogP contribution is -2.38. The Morgan fingerprint density at radius 2 is 1.94 bits per heavy atom. The van der Waals surface area contributed by atoms with Gasteiger partial charge in [0.2, 0.25) is 0 Å². The van der Waals surface area contributed by atoms with Crippen LogP contribution in [0.3, 0.4) is 0 Å². The summed E-state index contributed by atoms with van der Waals surface area (Å²) in [5.74, 6) is 0. The number of rotatable bonds is 2. The zero-order valence-corrected chi connectivity index (χ0v) is 9.78. The van der Waals surface area contributed by atoms with Crippen molar-refractivity contribution in [1.82, 2.24) is 9.55 Å². The zero-order valence-electron chi connectivity index (χ0n) is 8.19. The number of nitrogens with zero attached hydrogens (tertiary/aromatic N) is 1. The van der Waals surface area contributed by atoms with Crippen molar-refractivity contribution in [2.75, 3.05) is 0 Å². The Balaban J connectivity index is 3.53. The average molecular weight is 301 g/mol. The highest BCUT2D eigenvalue weighted by atomic mass is 79.9. The first-order valence-corrected chi connectivity index (χ1v) is 5.18. The van der Waals surface area contributed by atoms with E-state index in [-0.39, 0.29) is 6.54 Å². The fraction of sp³-hybridized carbons (Fsp3) is 0.500. The molecule has 0 amide bonds. The summed E-state index contributed by atoms with van der Waals surface area (Å²) >= 11 is 2.55.